The van der Waals surface area contributed by atoms with E-state index in [2.05, 4.69) is 18.1 Å². The molecule has 0 aromatic carbocycles. The van der Waals surface area contributed by atoms with E-state index in [0.29, 0.717) is 0 Å². The third-order valence-corrected chi connectivity index (χ3v) is 6.00. The van der Waals surface area contributed by atoms with E-state index in [-0.39, 0.29) is 11.5 Å². The van der Waals surface area contributed by atoms with Crippen molar-refractivity contribution >= 4 is 17.4 Å². The number of piperidine rings is 1. The van der Waals surface area contributed by atoms with Crippen LogP contribution in [0.5, 0.6) is 0 Å². The Bertz CT molecular complexity index is 549. The molecular formula is C17H26N2O2S. The fourth-order valence-electron chi connectivity index (χ4n) is 2.85. The molecule has 1 aliphatic heterocycles. The zero-order valence-corrected chi connectivity index (χ0v) is 14.8. The largest absolute Gasteiger partial charge is 0.444 e. The number of carbonyl (C=O) groups excluding carboxylic acids is 1. The van der Waals surface area contributed by atoms with E-state index >= 15 is 0 Å². The number of amides is 1. The quantitative estimate of drug-likeness (QED) is 0.815. The number of rotatable bonds is 2. The van der Waals surface area contributed by atoms with Gasteiger partial charge in [-0.15, -0.1) is 11.3 Å². The first kappa shape index (κ1) is 15.8. The molecule has 1 aliphatic carbocycles. The van der Waals surface area contributed by atoms with Crippen molar-refractivity contribution in [2.75, 3.05) is 13.1 Å². The summed E-state index contributed by atoms with van der Waals surface area (Å²) in [4.78, 5) is 20.1. The molecule has 0 atom stereocenters. The SMILES string of the molecule is CC(C)(C)OC(=O)N1CCC(C)(c2ncc(C3CC3)s2)CC1. The monoisotopic (exact) mass is 322 g/mol. The third-order valence-electron chi connectivity index (χ3n) is 4.54. The Morgan fingerprint density at radius 3 is 2.55 bits per heavy atom. The van der Waals surface area contributed by atoms with Crippen LogP contribution in [0.15, 0.2) is 6.20 Å². The third kappa shape index (κ3) is 3.45. The summed E-state index contributed by atoms with van der Waals surface area (Å²) >= 11 is 1.88. The average molecular weight is 322 g/mol. The van der Waals surface area contributed by atoms with Gasteiger partial charge < -0.3 is 9.64 Å². The molecule has 122 valence electrons. The molecule has 0 bridgehead atoms. The van der Waals surface area contributed by atoms with Crippen LogP contribution in [-0.2, 0) is 10.2 Å². The molecule has 2 heterocycles. The molecule has 0 spiro atoms. The summed E-state index contributed by atoms with van der Waals surface area (Å²) in [5, 5.41) is 1.25. The van der Waals surface area contributed by atoms with Crippen LogP contribution < -0.4 is 0 Å². The molecule has 1 saturated carbocycles. The van der Waals surface area contributed by atoms with Crippen LogP contribution >= 0.6 is 11.3 Å². The molecule has 1 amide bonds. The van der Waals surface area contributed by atoms with Crippen molar-refractivity contribution in [1.29, 1.82) is 0 Å². The van der Waals surface area contributed by atoms with Crippen molar-refractivity contribution in [3.8, 4) is 0 Å². The fourth-order valence-corrected chi connectivity index (χ4v) is 4.13. The van der Waals surface area contributed by atoms with Gasteiger partial charge in [-0.25, -0.2) is 9.78 Å². The second kappa shape index (κ2) is 5.52. The van der Waals surface area contributed by atoms with E-state index in [4.69, 9.17) is 4.74 Å². The minimum atomic E-state index is -0.424. The number of nitrogens with zero attached hydrogens (tertiary/aromatic N) is 2. The molecule has 3 rings (SSSR count). The van der Waals surface area contributed by atoms with Gasteiger partial charge in [0.2, 0.25) is 0 Å². The predicted molar refractivity (Wildman–Crippen MR) is 88.5 cm³/mol. The number of hydrogen-bond acceptors (Lipinski definition) is 4. The van der Waals surface area contributed by atoms with Gasteiger partial charge in [-0.1, -0.05) is 6.92 Å². The van der Waals surface area contributed by atoms with Crippen molar-refractivity contribution in [3.63, 3.8) is 0 Å². The minimum absolute atomic E-state index is 0.107. The van der Waals surface area contributed by atoms with Crippen LogP contribution in [0.25, 0.3) is 0 Å². The number of thiazole rings is 1. The Kier molecular flexibility index (Phi) is 3.96. The maximum Gasteiger partial charge on any atom is 0.410 e. The van der Waals surface area contributed by atoms with Gasteiger partial charge in [-0.05, 0) is 52.4 Å². The van der Waals surface area contributed by atoms with Crippen molar-refractivity contribution < 1.29 is 9.53 Å². The highest BCUT2D eigenvalue weighted by Gasteiger charge is 2.38. The van der Waals surface area contributed by atoms with Gasteiger partial charge in [0.05, 0.1) is 5.01 Å². The molecule has 2 fully saturated rings. The normalized spacial score (nSPS) is 21.7. The molecule has 0 unspecified atom stereocenters. The molecule has 5 heteroatoms. The topological polar surface area (TPSA) is 42.4 Å². The molecule has 0 N–H and O–H groups in total. The van der Waals surface area contributed by atoms with E-state index in [1.54, 1.807) is 0 Å². The van der Waals surface area contributed by atoms with Gasteiger partial charge >= 0.3 is 6.09 Å². The van der Waals surface area contributed by atoms with Crippen molar-refractivity contribution in [1.82, 2.24) is 9.88 Å². The first-order chi connectivity index (χ1) is 10.3. The molecule has 0 radical (unpaired) electrons. The zero-order valence-electron chi connectivity index (χ0n) is 14.0. The summed E-state index contributed by atoms with van der Waals surface area (Å²) in [6, 6.07) is 0. The maximum atomic E-state index is 12.2. The van der Waals surface area contributed by atoms with E-state index in [0.717, 1.165) is 31.8 Å². The Hall–Kier alpha value is -1.10. The molecule has 22 heavy (non-hydrogen) atoms. The molecule has 4 nitrogen and oxygen atoms in total. The Labute approximate surface area is 136 Å². The summed E-state index contributed by atoms with van der Waals surface area (Å²) in [5.74, 6) is 0.775. The van der Waals surface area contributed by atoms with Crippen LogP contribution in [-0.4, -0.2) is 34.7 Å². The lowest BCUT2D eigenvalue weighted by Crippen LogP contribution is -2.45. The number of ether oxygens (including phenoxy) is 1. The van der Waals surface area contributed by atoms with E-state index < -0.39 is 5.60 Å². The second-order valence-corrected chi connectivity index (χ2v) is 8.93. The summed E-state index contributed by atoms with van der Waals surface area (Å²) in [6.07, 6.45) is 6.46. The number of aromatic nitrogens is 1. The zero-order chi connectivity index (χ0) is 16.0. The van der Waals surface area contributed by atoms with Gasteiger partial charge in [0.25, 0.3) is 0 Å². The summed E-state index contributed by atoms with van der Waals surface area (Å²) in [7, 11) is 0. The highest BCUT2D eigenvalue weighted by molar-refractivity contribution is 7.11. The highest BCUT2D eigenvalue weighted by Crippen LogP contribution is 2.45. The second-order valence-electron chi connectivity index (χ2n) is 7.87. The van der Waals surface area contributed by atoms with Gasteiger partial charge in [0.15, 0.2) is 0 Å². The van der Waals surface area contributed by atoms with Crippen LogP contribution in [0.2, 0.25) is 0 Å². The van der Waals surface area contributed by atoms with E-state index in [1.165, 1.54) is 22.7 Å². The summed E-state index contributed by atoms with van der Waals surface area (Å²) in [6.45, 7) is 9.53. The Morgan fingerprint density at radius 2 is 2.00 bits per heavy atom. The van der Waals surface area contributed by atoms with E-state index in [9.17, 15) is 4.79 Å². The van der Waals surface area contributed by atoms with Crippen LogP contribution in [0, 0.1) is 0 Å². The number of likely N-dealkylation sites (tertiary alicyclic amines) is 1. The predicted octanol–water partition coefficient (Wildman–Crippen LogP) is 4.31. The van der Waals surface area contributed by atoms with E-state index in [1.807, 2.05) is 37.0 Å². The smallest absolute Gasteiger partial charge is 0.410 e. The lowest BCUT2D eigenvalue weighted by molar-refractivity contribution is 0.0172. The average Bonchev–Trinajstić information content (AvgIpc) is 3.14. The first-order valence-electron chi connectivity index (χ1n) is 8.21. The lowest BCUT2D eigenvalue weighted by Gasteiger charge is -2.38. The maximum absolute atomic E-state index is 12.2. The molecule has 2 aliphatic rings. The number of carbonyl (C=O) groups is 1. The van der Waals surface area contributed by atoms with Crippen LogP contribution in [0.4, 0.5) is 4.79 Å². The summed E-state index contributed by atoms with van der Waals surface area (Å²) in [5.41, 5.74) is -0.317. The molecular weight excluding hydrogens is 296 g/mol. The molecule has 1 aromatic rings. The van der Waals surface area contributed by atoms with Crippen LogP contribution in [0.3, 0.4) is 0 Å². The van der Waals surface area contributed by atoms with Crippen molar-refractivity contribution in [2.24, 2.45) is 0 Å². The van der Waals surface area contributed by atoms with Crippen LogP contribution in [0.1, 0.15) is 69.2 Å². The molecule has 1 aromatic heterocycles. The highest BCUT2D eigenvalue weighted by atomic mass is 32.1. The van der Waals surface area contributed by atoms with Gasteiger partial charge in [-0.3, -0.25) is 0 Å². The van der Waals surface area contributed by atoms with Gasteiger partial charge in [0, 0.05) is 29.6 Å². The molecule has 1 saturated heterocycles. The fraction of sp³-hybridized carbons (Fsp3) is 0.765. The van der Waals surface area contributed by atoms with Gasteiger partial charge in [0.1, 0.15) is 5.60 Å². The standard InChI is InChI=1S/C17H26N2O2S/c1-16(2,3)21-15(20)19-9-7-17(4,8-10-19)14-18-11-13(22-14)12-5-6-12/h11-12H,5-10H2,1-4H3. The lowest BCUT2D eigenvalue weighted by atomic mass is 9.81. The minimum Gasteiger partial charge on any atom is -0.444 e. The van der Waals surface area contributed by atoms with Crippen molar-refractivity contribution in [3.05, 3.63) is 16.1 Å². The van der Waals surface area contributed by atoms with Gasteiger partial charge in [-0.2, -0.15) is 0 Å². The Balaban J connectivity index is 1.61. The van der Waals surface area contributed by atoms with Crippen molar-refractivity contribution in [2.45, 2.75) is 70.3 Å². The Morgan fingerprint density at radius 1 is 1.36 bits per heavy atom. The summed E-state index contributed by atoms with van der Waals surface area (Å²) < 4.78 is 5.47. The first-order valence-corrected chi connectivity index (χ1v) is 9.03. The number of hydrogen-bond donors (Lipinski definition) is 0.